The van der Waals surface area contributed by atoms with E-state index in [1.807, 2.05) is 11.0 Å². The maximum Gasteiger partial charge on any atom is 0.273 e. The van der Waals surface area contributed by atoms with Crippen molar-refractivity contribution in [3.05, 3.63) is 28.5 Å². The van der Waals surface area contributed by atoms with E-state index < -0.39 is 0 Å². The third-order valence-corrected chi connectivity index (χ3v) is 3.77. The lowest BCUT2D eigenvalue weighted by molar-refractivity contribution is 0.0742. The smallest absolute Gasteiger partial charge is 0.273 e. The summed E-state index contributed by atoms with van der Waals surface area (Å²) in [6.07, 6.45) is 3.64. The van der Waals surface area contributed by atoms with Gasteiger partial charge in [-0.05, 0) is 40.9 Å². The van der Waals surface area contributed by atoms with Gasteiger partial charge in [-0.15, -0.1) is 11.6 Å². The highest BCUT2D eigenvalue weighted by molar-refractivity contribution is 9.10. The molecule has 1 atom stereocenters. The average Bonchev–Trinajstić information content (AvgIpc) is 2.77. The highest BCUT2D eigenvalue weighted by Crippen LogP contribution is 2.23. The Morgan fingerprint density at radius 2 is 2.50 bits per heavy atom. The van der Waals surface area contributed by atoms with Crippen LogP contribution in [0.2, 0.25) is 0 Å². The molecule has 1 saturated heterocycles. The largest absolute Gasteiger partial charge is 0.333 e. The van der Waals surface area contributed by atoms with Crippen LogP contribution in [0.1, 0.15) is 23.3 Å². The van der Waals surface area contributed by atoms with Crippen molar-refractivity contribution >= 4 is 33.4 Å². The van der Waals surface area contributed by atoms with E-state index in [0.717, 1.165) is 23.9 Å². The lowest BCUT2D eigenvalue weighted by Crippen LogP contribution is -2.37. The quantitative estimate of drug-likeness (QED) is 0.787. The average molecular weight is 304 g/mol. The minimum Gasteiger partial charge on any atom is -0.333 e. The van der Waals surface area contributed by atoms with Crippen LogP contribution < -0.4 is 0 Å². The van der Waals surface area contributed by atoms with Crippen LogP contribution in [0, 0.1) is 0 Å². The molecule has 16 heavy (non-hydrogen) atoms. The summed E-state index contributed by atoms with van der Waals surface area (Å²) < 4.78 is 0.736. The number of pyridine rings is 1. The van der Waals surface area contributed by atoms with Crippen molar-refractivity contribution < 1.29 is 4.79 Å². The van der Waals surface area contributed by atoms with Gasteiger partial charge in [0, 0.05) is 29.1 Å². The predicted octanol–water partition coefficient (Wildman–Crippen LogP) is 2.69. The van der Waals surface area contributed by atoms with E-state index in [2.05, 4.69) is 20.9 Å². The monoisotopic (exact) mass is 302 g/mol. The number of nitrogens with zero attached hydrogens (tertiary/aromatic N) is 2. The zero-order valence-electron chi connectivity index (χ0n) is 8.70. The number of likely N-dealkylation sites (tertiary alicyclic amines) is 1. The highest BCUT2D eigenvalue weighted by atomic mass is 79.9. The summed E-state index contributed by atoms with van der Waals surface area (Å²) in [6.45, 7) is 0.777. The van der Waals surface area contributed by atoms with Crippen LogP contribution >= 0.6 is 27.5 Å². The van der Waals surface area contributed by atoms with E-state index in [4.69, 9.17) is 11.6 Å². The first-order valence-corrected chi connectivity index (χ1v) is 6.54. The van der Waals surface area contributed by atoms with Gasteiger partial charge in [-0.3, -0.25) is 4.79 Å². The van der Waals surface area contributed by atoms with E-state index in [-0.39, 0.29) is 11.9 Å². The Morgan fingerprint density at radius 1 is 1.69 bits per heavy atom. The summed E-state index contributed by atoms with van der Waals surface area (Å²) >= 11 is 9.19. The molecule has 0 aliphatic carbocycles. The molecule has 1 aliphatic heterocycles. The lowest BCUT2D eigenvalue weighted by atomic mass is 10.2. The molecule has 0 spiro atoms. The summed E-state index contributed by atoms with van der Waals surface area (Å²) in [5.41, 5.74) is 0.472. The number of rotatable bonds is 2. The molecule has 0 saturated carbocycles. The van der Waals surface area contributed by atoms with Gasteiger partial charge < -0.3 is 4.90 Å². The van der Waals surface area contributed by atoms with Crippen molar-refractivity contribution in [1.82, 2.24) is 9.88 Å². The summed E-state index contributed by atoms with van der Waals surface area (Å²) in [5, 5.41) is 0. The number of amides is 1. The topological polar surface area (TPSA) is 33.2 Å². The van der Waals surface area contributed by atoms with Crippen molar-refractivity contribution in [2.75, 3.05) is 12.4 Å². The van der Waals surface area contributed by atoms with Gasteiger partial charge in [0.25, 0.3) is 5.91 Å². The number of hydrogen-bond acceptors (Lipinski definition) is 2. The molecule has 1 aromatic heterocycles. The molecule has 2 rings (SSSR count). The Kier molecular flexibility index (Phi) is 3.82. The van der Waals surface area contributed by atoms with Gasteiger partial charge in [0.05, 0.1) is 0 Å². The Morgan fingerprint density at radius 3 is 3.19 bits per heavy atom. The predicted molar refractivity (Wildman–Crippen MR) is 66.7 cm³/mol. The number of carbonyl (C=O) groups is 1. The van der Waals surface area contributed by atoms with E-state index in [9.17, 15) is 4.79 Å². The number of aromatic nitrogens is 1. The summed E-state index contributed by atoms with van der Waals surface area (Å²) in [4.78, 5) is 18.1. The number of halogens is 2. The second-order valence-corrected chi connectivity index (χ2v) is 4.95. The Bertz CT molecular complexity index is 399. The molecule has 86 valence electrons. The zero-order chi connectivity index (χ0) is 11.5. The van der Waals surface area contributed by atoms with Crippen molar-refractivity contribution in [3.63, 3.8) is 0 Å². The molecule has 0 radical (unpaired) electrons. The molecule has 1 aromatic rings. The molecule has 2 heterocycles. The Labute approximate surface area is 108 Å². The van der Waals surface area contributed by atoms with Gasteiger partial charge in [-0.25, -0.2) is 4.98 Å². The maximum atomic E-state index is 12.2. The molecule has 1 aliphatic rings. The fourth-order valence-corrected chi connectivity index (χ4v) is 2.69. The van der Waals surface area contributed by atoms with Crippen LogP contribution in [0.4, 0.5) is 0 Å². The molecular formula is C11H12BrClN2O. The molecular weight excluding hydrogens is 291 g/mol. The maximum absolute atomic E-state index is 12.2. The first-order valence-electron chi connectivity index (χ1n) is 5.21. The van der Waals surface area contributed by atoms with Crippen LogP contribution in [-0.2, 0) is 0 Å². The molecule has 3 nitrogen and oxygen atoms in total. The highest BCUT2D eigenvalue weighted by Gasteiger charge is 2.30. The van der Waals surface area contributed by atoms with Crippen molar-refractivity contribution in [2.24, 2.45) is 0 Å². The van der Waals surface area contributed by atoms with Crippen LogP contribution in [0.15, 0.2) is 22.8 Å². The van der Waals surface area contributed by atoms with Crippen molar-refractivity contribution in [3.8, 4) is 0 Å². The van der Waals surface area contributed by atoms with Crippen molar-refractivity contribution in [1.29, 1.82) is 0 Å². The molecule has 0 N–H and O–H groups in total. The number of hydrogen-bond donors (Lipinski definition) is 0. The molecule has 1 unspecified atom stereocenters. The van der Waals surface area contributed by atoms with Gasteiger partial charge in [-0.2, -0.15) is 0 Å². The Hall–Kier alpha value is -0.610. The third-order valence-electron chi connectivity index (χ3n) is 2.78. The number of alkyl halides is 1. The van der Waals surface area contributed by atoms with Crippen molar-refractivity contribution in [2.45, 2.75) is 18.9 Å². The van der Waals surface area contributed by atoms with Gasteiger partial charge in [0.2, 0.25) is 0 Å². The fraction of sp³-hybridized carbons (Fsp3) is 0.455. The van der Waals surface area contributed by atoms with Crippen LogP contribution in [0.25, 0.3) is 0 Å². The standard InChI is InChI=1S/C11H12BrClN2O/c12-9-4-1-5-14-10(9)11(16)15-6-2-3-8(15)7-13/h1,4-5,8H,2-3,6-7H2. The second kappa shape index (κ2) is 5.15. The van der Waals surface area contributed by atoms with E-state index in [0.29, 0.717) is 11.6 Å². The van der Waals surface area contributed by atoms with Gasteiger partial charge in [0.15, 0.2) is 0 Å². The minimum atomic E-state index is -0.0318. The third kappa shape index (κ3) is 2.23. The summed E-state index contributed by atoms with van der Waals surface area (Å²) in [6, 6.07) is 3.78. The van der Waals surface area contributed by atoms with E-state index in [1.165, 1.54) is 0 Å². The molecule has 1 amide bonds. The first-order chi connectivity index (χ1) is 7.74. The molecule has 5 heteroatoms. The van der Waals surface area contributed by atoms with Crippen LogP contribution in [0.5, 0.6) is 0 Å². The van der Waals surface area contributed by atoms with E-state index in [1.54, 1.807) is 12.3 Å². The minimum absolute atomic E-state index is 0.0318. The van der Waals surface area contributed by atoms with Gasteiger partial charge in [0.1, 0.15) is 5.69 Å². The normalized spacial score (nSPS) is 20.1. The molecule has 1 fully saturated rings. The van der Waals surface area contributed by atoms with Crippen LogP contribution in [-0.4, -0.2) is 34.3 Å². The van der Waals surface area contributed by atoms with Crippen LogP contribution in [0.3, 0.4) is 0 Å². The fourth-order valence-electron chi connectivity index (χ4n) is 1.94. The van der Waals surface area contributed by atoms with E-state index >= 15 is 0 Å². The SMILES string of the molecule is O=C(c1ncccc1Br)N1CCCC1CCl. The lowest BCUT2D eigenvalue weighted by Gasteiger charge is -2.22. The zero-order valence-corrected chi connectivity index (χ0v) is 11.0. The number of carbonyl (C=O) groups excluding carboxylic acids is 1. The van der Waals surface area contributed by atoms with Gasteiger partial charge >= 0.3 is 0 Å². The Balaban J connectivity index is 2.22. The summed E-state index contributed by atoms with van der Waals surface area (Å²) in [5.74, 6) is 0.464. The molecule has 0 aromatic carbocycles. The van der Waals surface area contributed by atoms with Gasteiger partial charge in [-0.1, -0.05) is 0 Å². The second-order valence-electron chi connectivity index (χ2n) is 3.78. The summed E-state index contributed by atoms with van der Waals surface area (Å²) in [7, 11) is 0. The molecule has 0 bridgehead atoms. The first kappa shape index (κ1) is 11.9.